The highest BCUT2D eigenvalue weighted by Crippen LogP contribution is 2.36. The van der Waals surface area contributed by atoms with Crippen LogP contribution in [0.5, 0.6) is 23.0 Å². The molecule has 0 saturated heterocycles. The lowest BCUT2D eigenvalue weighted by Crippen LogP contribution is -1.95. The number of fused-ring (bicyclic) bond motifs is 6. The van der Waals surface area contributed by atoms with Crippen LogP contribution in [-0.4, -0.2) is 9.13 Å². The summed E-state index contributed by atoms with van der Waals surface area (Å²) in [6, 6.07) is 58.3. The number of benzene rings is 7. The van der Waals surface area contributed by atoms with Crippen molar-refractivity contribution < 1.29 is 9.47 Å². The SMILES string of the molecule is c1cc(Oc2cccc(-n3c4ccccc4c4ccccc43)c2)cc(Oc2cccc(-n3c4ccccc4c4ccccc43)c2)c1. The van der Waals surface area contributed by atoms with Crippen molar-refractivity contribution in [3.63, 3.8) is 0 Å². The molecule has 0 spiro atoms. The number of para-hydroxylation sites is 4. The summed E-state index contributed by atoms with van der Waals surface area (Å²) in [7, 11) is 0. The molecule has 0 bridgehead atoms. The largest absolute Gasteiger partial charge is 0.457 e. The van der Waals surface area contributed by atoms with Crippen molar-refractivity contribution in [3.8, 4) is 34.4 Å². The van der Waals surface area contributed by atoms with Crippen LogP contribution in [0.3, 0.4) is 0 Å². The summed E-state index contributed by atoms with van der Waals surface area (Å²) in [4.78, 5) is 0. The quantitative estimate of drug-likeness (QED) is 0.192. The molecule has 0 aliphatic heterocycles. The average Bonchev–Trinajstić information content (AvgIpc) is 3.62. The summed E-state index contributed by atoms with van der Waals surface area (Å²) in [6.45, 7) is 0. The van der Waals surface area contributed by atoms with E-state index in [0.29, 0.717) is 11.5 Å². The summed E-state index contributed by atoms with van der Waals surface area (Å²) < 4.78 is 17.4. The van der Waals surface area contributed by atoms with Gasteiger partial charge in [-0.25, -0.2) is 0 Å². The molecule has 4 heteroatoms. The maximum absolute atomic E-state index is 6.40. The maximum atomic E-state index is 6.40. The highest BCUT2D eigenvalue weighted by Gasteiger charge is 2.14. The first-order chi connectivity index (χ1) is 22.8. The van der Waals surface area contributed by atoms with E-state index in [-0.39, 0.29) is 0 Å². The Labute approximate surface area is 265 Å². The van der Waals surface area contributed by atoms with Crippen LogP contribution in [0.2, 0.25) is 0 Å². The van der Waals surface area contributed by atoms with Gasteiger partial charge in [-0.3, -0.25) is 0 Å². The van der Waals surface area contributed by atoms with Crippen molar-refractivity contribution in [1.29, 1.82) is 0 Å². The number of aromatic nitrogens is 2. The van der Waals surface area contributed by atoms with E-state index in [9.17, 15) is 0 Å². The summed E-state index contributed by atoms with van der Waals surface area (Å²) >= 11 is 0. The molecule has 218 valence electrons. The number of ether oxygens (including phenoxy) is 2. The molecule has 0 fully saturated rings. The Kier molecular flexibility index (Phi) is 6.10. The Morgan fingerprint density at radius 2 is 0.587 bits per heavy atom. The monoisotopic (exact) mass is 592 g/mol. The zero-order chi connectivity index (χ0) is 30.5. The first-order valence-electron chi connectivity index (χ1n) is 15.4. The van der Waals surface area contributed by atoms with Gasteiger partial charge in [0.05, 0.1) is 22.1 Å². The van der Waals surface area contributed by atoms with Gasteiger partial charge in [0.2, 0.25) is 0 Å². The van der Waals surface area contributed by atoms with Crippen LogP contribution >= 0.6 is 0 Å². The minimum atomic E-state index is 0.704. The number of hydrogen-bond acceptors (Lipinski definition) is 2. The lowest BCUT2D eigenvalue weighted by Gasteiger charge is -2.13. The predicted octanol–water partition coefficient (Wildman–Crippen LogP) is 11.5. The summed E-state index contributed by atoms with van der Waals surface area (Å²) in [6.07, 6.45) is 0. The Morgan fingerprint density at radius 1 is 0.283 bits per heavy atom. The lowest BCUT2D eigenvalue weighted by molar-refractivity contribution is 0.460. The standard InChI is InChI=1S/C42H28N2O2/c1-5-22-39-35(18-1)36-19-2-6-23-40(36)43(39)29-12-9-14-31(26-29)45-33-16-11-17-34(28-33)46-32-15-10-13-30(27-32)44-41-24-7-3-20-37(41)38-21-4-8-25-42(38)44/h1-28H. The van der Waals surface area contributed by atoms with Gasteiger partial charge in [0.1, 0.15) is 23.0 Å². The second-order valence-electron chi connectivity index (χ2n) is 11.4. The highest BCUT2D eigenvalue weighted by molar-refractivity contribution is 6.10. The maximum Gasteiger partial charge on any atom is 0.131 e. The summed E-state index contributed by atoms with van der Waals surface area (Å²) in [5.41, 5.74) is 6.76. The average molecular weight is 593 g/mol. The molecule has 4 nitrogen and oxygen atoms in total. The van der Waals surface area contributed by atoms with E-state index < -0.39 is 0 Å². The lowest BCUT2D eigenvalue weighted by atomic mass is 10.2. The van der Waals surface area contributed by atoms with Gasteiger partial charge in [0, 0.05) is 51.1 Å². The highest BCUT2D eigenvalue weighted by atomic mass is 16.5. The van der Waals surface area contributed by atoms with E-state index in [4.69, 9.17) is 9.47 Å². The van der Waals surface area contributed by atoms with Crippen LogP contribution in [0.1, 0.15) is 0 Å². The minimum absolute atomic E-state index is 0.704. The minimum Gasteiger partial charge on any atom is -0.457 e. The van der Waals surface area contributed by atoms with Gasteiger partial charge in [0.15, 0.2) is 0 Å². The van der Waals surface area contributed by atoms with Gasteiger partial charge >= 0.3 is 0 Å². The van der Waals surface area contributed by atoms with Gasteiger partial charge in [-0.15, -0.1) is 0 Å². The first kappa shape index (κ1) is 26.2. The molecule has 9 aromatic rings. The first-order valence-corrected chi connectivity index (χ1v) is 15.4. The molecule has 0 radical (unpaired) electrons. The molecule has 0 amide bonds. The van der Waals surface area contributed by atoms with Crippen LogP contribution in [0.25, 0.3) is 55.0 Å². The molecule has 0 aliphatic carbocycles. The van der Waals surface area contributed by atoms with Crippen molar-refractivity contribution in [2.24, 2.45) is 0 Å². The molecule has 0 atom stereocenters. The molecule has 7 aromatic carbocycles. The Bertz CT molecular complexity index is 2280. The predicted molar refractivity (Wildman–Crippen MR) is 188 cm³/mol. The second-order valence-corrected chi connectivity index (χ2v) is 11.4. The van der Waals surface area contributed by atoms with Crippen molar-refractivity contribution in [2.45, 2.75) is 0 Å². The van der Waals surface area contributed by atoms with E-state index >= 15 is 0 Å². The van der Waals surface area contributed by atoms with E-state index in [1.54, 1.807) is 0 Å². The van der Waals surface area contributed by atoms with Gasteiger partial charge in [-0.2, -0.15) is 0 Å². The third kappa shape index (κ3) is 4.39. The van der Waals surface area contributed by atoms with Crippen LogP contribution in [-0.2, 0) is 0 Å². The van der Waals surface area contributed by atoms with Crippen molar-refractivity contribution >= 4 is 43.6 Å². The van der Waals surface area contributed by atoms with E-state index in [1.807, 2.05) is 48.5 Å². The third-order valence-corrected chi connectivity index (χ3v) is 8.59. The molecule has 2 heterocycles. The van der Waals surface area contributed by atoms with Crippen molar-refractivity contribution in [3.05, 3.63) is 170 Å². The summed E-state index contributed by atoms with van der Waals surface area (Å²) in [5, 5.41) is 4.93. The smallest absolute Gasteiger partial charge is 0.131 e. The van der Waals surface area contributed by atoms with Crippen LogP contribution in [0.4, 0.5) is 0 Å². The van der Waals surface area contributed by atoms with Gasteiger partial charge in [-0.1, -0.05) is 91.0 Å². The molecule has 46 heavy (non-hydrogen) atoms. The molecule has 0 aliphatic rings. The van der Waals surface area contributed by atoms with Gasteiger partial charge in [0.25, 0.3) is 0 Å². The van der Waals surface area contributed by atoms with E-state index in [1.165, 1.54) is 43.6 Å². The van der Waals surface area contributed by atoms with Gasteiger partial charge in [-0.05, 0) is 60.7 Å². The fourth-order valence-corrected chi connectivity index (χ4v) is 6.65. The zero-order valence-corrected chi connectivity index (χ0v) is 24.9. The van der Waals surface area contributed by atoms with E-state index in [2.05, 4.69) is 130 Å². The Morgan fingerprint density at radius 3 is 0.957 bits per heavy atom. The topological polar surface area (TPSA) is 28.3 Å². The molecule has 9 rings (SSSR count). The molecule has 0 unspecified atom stereocenters. The van der Waals surface area contributed by atoms with Crippen LogP contribution in [0.15, 0.2) is 170 Å². The number of nitrogens with zero attached hydrogens (tertiary/aromatic N) is 2. The van der Waals surface area contributed by atoms with E-state index in [0.717, 1.165) is 22.9 Å². The summed E-state index contributed by atoms with van der Waals surface area (Å²) in [5.74, 6) is 2.92. The molecule has 0 saturated carbocycles. The normalized spacial score (nSPS) is 11.5. The fraction of sp³-hybridized carbons (Fsp3) is 0. The molecular weight excluding hydrogens is 564 g/mol. The molecule has 2 aromatic heterocycles. The molecular formula is C42H28N2O2. The van der Waals surface area contributed by atoms with Gasteiger partial charge < -0.3 is 18.6 Å². The van der Waals surface area contributed by atoms with Crippen LogP contribution in [0, 0.1) is 0 Å². The fourth-order valence-electron chi connectivity index (χ4n) is 6.65. The Hall–Kier alpha value is -6.26. The number of rotatable bonds is 6. The number of hydrogen-bond donors (Lipinski definition) is 0. The molecule has 0 N–H and O–H groups in total. The van der Waals surface area contributed by atoms with Crippen molar-refractivity contribution in [1.82, 2.24) is 9.13 Å². The second kappa shape index (κ2) is 10.7. The third-order valence-electron chi connectivity index (χ3n) is 8.59. The van der Waals surface area contributed by atoms with Crippen molar-refractivity contribution in [2.75, 3.05) is 0 Å². The Balaban J connectivity index is 1.02. The zero-order valence-electron chi connectivity index (χ0n) is 24.9. The van der Waals surface area contributed by atoms with Crippen LogP contribution < -0.4 is 9.47 Å².